The largest absolute Gasteiger partial charge is 0.326 e. The maximum Gasteiger partial charge on any atom is 0.287 e. The smallest absolute Gasteiger partial charge is 0.287 e. The van der Waals surface area contributed by atoms with Crippen molar-refractivity contribution in [3.63, 3.8) is 0 Å². The lowest BCUT2D eigenvalue weighted by Crippen LogP contribution is -2.58. The second kappa shape index (κ2) is 7.74. The average Bonchev–Trinajstić information content (AvgIpc) is 2.47. The van der Waals surface area contributed by atoms with Crippen molar-refractivity contribution in [1.82, 2.24) is 0 Å². The average molecular weight is 347 g/mol. The number of halogens is 1. The molecule has 0 aromatic rings. The molecule has 0 N–H and O–H groups in total. The van der Waals surface area contributed by atoms with Crippen LogP contribution in [0, 0.1) is 5.41 Å². The lowest BCUT2D eigenvalue weighted by Gasteiger charge is -2.50. The van der Waals surface area contributed by atoms with Gasteiger partial charge in [-0.3, -0.25) is 0 Å². The fourth-order valence-corrected chi connectivity index (χ4v) is 2.32. The summed E-state index contributed by atoms with van der Waals surface area (Å²) in [7, 11) is 0. The Morgan fingerprint density at radius 2 is 1.65 bits per heavy atom. The first-order chi connectivity index (χ1) is 9.49. The molecule has 0 unspecified atom stereocenters. The van der Waals surface area contributed by atoms with E-state index in [1.807, 2.05) is 20.8 Å². The predicted octanol–water partition coefficient (Wildman–Crippen LogP) is 4.77. The van der Waals surface area contributed by atoms with Crippen molar-refractivity contribution in [1.29, 1.82) is 0 Å². The maximum absolute atomic E-state index is 5.79. The molecule has 116 valence electrons. The molecule has 3 rings (SSSR count). The summed E-state index contributed by atoms with van der Waals surface area (Å²) in [5, 5.41) is 0. The van der Waals surface area contributed by atoms with Crippen molar-refractivity contribution in [2.24, 2.45) is 5.41 Å². The predicted molar refractivity (Wildman–Crippen MR) is 85.7 cm³/mol. The molecule has 0 spiro atoms. The third kappa shape index (κ3) is 4.42. The monoisotopic (exact) mass is 346 g/mol. The second-order valence-electron chi connectivity index (χ2n) is 5.41. The molecule has 3 heterocycles. The van der Waals surface area contributed by atoms with Gasteiger partial charge in [0.25, 0.3) is 5.97 Å². The number of rotatable bonds is 4. The molecule has 3 nitrogen and oxygen atoms in total. The van der Waals surface area contributed by atoms with Gasteiger partial charge in [0.1, 0.15) is 0 Å². The van der Waals surface area contributed by atoms with Crippen molar-refractivity contribution in [3.8, 4) is 0 Å². The maximum atomic E-state index is 5.79. The van der Waals surface area contributed by atoms with Gasteiger partial charge in [-0.1, -0.05) is 55.8 Å². The van der Waals surface area contributed by atoms with Gasteiger partial charge in [-0.15, -0.1) is 0 Å². The minimum absolute atomic E-state index is 0.0222. The standard InChI is InChI=1S/C14H21BrO3.C2H6/c1-4-5-6-12(11(2)15)7-14-16-8-13(3,9-17-14)10-18-14;1-2/h5-6H,4,7-10H2,1-3H3;1-2H3/b6-5-,12-11-;. The summed E-state index contributed by atoms with van der Waals surface area (Å²) in [4.78, 5) is 0. The molecule has 0 amide bonds. The van der Waals surface area contributed by atoms with Crippen LogP contribution in [0.4, 0.5) is 0 Å². The van der Waals surface area contributed by atoms with Crippen LogP contribution in [0.25, 0.3) is 0 Å². The van der Waals surface area contributed by atoms with E-state index in [4.69, 9.17) is 14.2 Å². The van der Waals surface area contributed by atoms with Gasteiger partial charge in [0, 0.05) is 5.41 Å². The summed E-state index contributed by atoms with van der Waals surface area (Å²) in [5.41, 5.74) is 1.18. The van der Waals surface area contributed by atoms with Crippen LogP contribution in [-0.4, -0.2) is 25.8 Å². The molecule has 3 aliphatic rings. The third-order valence-electron chi connectivity index (χ3n) is 3.33. The number of hydrogen-bond donors (Lipinski definition) is 0. The van der Waals surface area contributed by atoms with Crippen LogP contribution in [-0.2, 0) is 14.2 Å². The number of fused-ring (bicyclic) bond motifs is 3. The Kier molecular flexibility index (Phi) is 6.92. The van der Waals surface area contributed by atoms with Gasteiger partial charge in [-0.25, -0.2) is 0 Å². The van der Waals surface area contributed by atoms with Gasteiger partial charge >= 0.3 is 0 Å². The molecule has 3 fully saturated rings. The molecule has 0 saturated carbocycles. The summed E-state index contributed by atoms with van der Waals surface area (Å²) < 4.78 is 18.5. The zero-order valence-electron chi connectivity index (χ0n) is 13.3. The van der Waals surface area contributed by atoms with Crippen molar-refractivity contribution in [3.05, 3.63) is 22.2 Å². The van der Waals surface area contributed by atoms with Crippen molar-refractivity contribution >= 4 is 15.9 Å². The Morgan fingerprint density at radius 3 is 2.05 bits per heavy atom. The van der Waals surface area contributed by atoms with E-state index in [0.29, 0.717) is 26.2 Å². The van der Waals surface area contributed by atoms with E-state index in [-0.39, 0.29) is 5.41 Å². The van der Waals surface area contributed by atoms with Crippen LogP contribution in [0.15, 0.2) is 22.2 Å². The Morgan fingerprint density at radius 1 is 1.15 bits per heavy atom. The lowest BCUT2D eigenvalue weighted by molar-refractivity contribution is -0.464. The normalized spacial score (nSPS) is 33.7. The summed E-state index contributed by atoms with van der Waals surface area (Å²) in [6.45, 7) is 12.4. The summed E-state index contributed by atoms with van der Waals surface area (Å²) >= 11 is 3.54. The van der Waals surface area contributed by atoms with Crippen molar-refractivity contribution in [2.45, 2.75) is 53.4 Å². The fourth-order valence-electron chi connectivity index (χ4n) is 2.04. The quantitative estimate of drug-likeness (QED) is 0.686. The van der Waals surface area contributed by atoms with Crippen LogP contribution < -0.4 is 0 Å². The van der Waals surface area contributed by atoms with E-state index in [9.17, 15) is 0 Å². The molecular formula is C16H27BrO3. The van der Waals surface area contributed by atoms with Crippen LogP contribution >= 0.6 is 15.9 Å². The molecule has 0 aromatic heterocycles. The first-order valence-electron chi connectivity index (χ1n) is 7.42. The van der Waals surface area contributed by atoms with Crippen LogP contribution in [0.3, 0.4) is 0 Å². The van der Waals surface area contributed by atoms with Crippen LogP contribution in [0.2, 0.25) is 0 Å². The molecule has 4 heteroatoms. The summed E-state index contributed by atoms with van der Waals surface area (Å²) in [5.74, 6) is -0.875. The van der Waals surface area contributed by atoms with E-state index in [0.717, 1.165) is 16.5 Å². The van der Waals surface area contributed by atoms with Gasteiger partial charge in [0.05, 0.1) is 26.2 Å². The summed E-state index contributed by atoms with van der Waals surface area (Å²) in [6, 6.07) is 0. The van der Waals surface area contributed by atoms with E-state index in [1.165, 1.54) is 0 Å². The SMILES string of the molecule is CC.CC/C=C\C(CC12OCC(C)(CO1)CO2)=C(/C)Br. The third-order valence-corrected chi connectivity index (χ3v) is 3.84. The van der Waals surface area contributed by atoms with Crippen molar-refractivity contribution in [2.75, 3.05) is 19.8 Å². The molecule has 20 heavy (non-hydrogen) atoms. The zero-order valence-corrected chi connectivity index (χ0v) is 14.9. The minimum atomic E-state index is -0.875. The second-order valence-corrected chi connectivity index (χ2v) is 6.60. The Labute approximate surface area is 131 Å². The highest BCUT2D eigenvalue weighted by molar-refractivity contribution is 9.11. The number of hydrogen-bond acceptors (Lipinski definition) is 3. The van der Waals surface area contributed by atoms with Crippen LogP contribution in [0.1, 0.15) is 47.5 Å². The zero-order chi connectivity index (χ0) is 15.2. The first kappa shape index (κ1) is 17.9. The Balaban J connectivity index is 0.000000956. The molecule has 2 bridgehead atoms. The van der Waals surface area contributed by atoms with E-state index in [2.05, 4.69) is 41.9 Å². The van der Waals surface area contributed by atoms with E-state index >= 15 is 0 Å². The highest BCUT2D eigenvalue weighted by atomic mass is 79.9. The highest BCUT2D eigenvalue weighted by Gasteiger charge is 2.50. The molecule has 3 saturated heterocycles. The molecule has 0 atom stereocenters. The van der Waals surface area contributed by atoms with Crippen LogP contribution in [0.5, 0.6) is 0 Å². The first-order valence-corrected chi connectivity index (χ1v) is 8.22. The van der Waals surface area contributed by atoms with Gasteiger partial charge in [-0.05, 0) is 23.4 Å². The lowest BCUT2D eigenvalue weighted by atomic mass is 9.91. The van der Waals surface area contributed by atoms with Crippen molar-refractivity contribution < 1.29 is 14.2 Å². The molecule has 0 radical (unpaired) electrons. The summed E-state index contributed by atoms with van der Waals surface area (Å²) in [6.07, 6.45) is 5.87. The highest BCUT2D eigenvalue weighted by Crippen LogP contribution is 2.41. The number of ether oxygens (including phenoxy) is 3. The number of allylic oxidation sites excluding steroid dienone is 3. The molecule has 0 aromatic carbocycles. The topological polar surface area (TPSA) is 27.7 Å². The fraction of sp³-hybridized carbons (Fsp3) is 0.750. The Bertz CT molecular complexity index is 345. The van der Waals surface area contributed by atoms with Gasteiger partial charge in [0.15, 0.2) is 0 Å². The van der Waals surface area contributed by atoms with Gasteiger partial charge in [-0.2, -0.15) is 0 Å². The molecule has 3 aliphatic heterocycles. The Hall–Kier alpha value is -0.160. The molecular weight excluding hydrogens is 320 g/mol. The van der Waals surface area contributed by atoms with E-state index in [1.54, 1.807) is 0 Å². The van der Waals surface area contributed by atoms with Gasteiger partial charge < -0.3 is 14.2 Å². The minimum Gasteiger partial charge on any atom is -0.326 e. The van der Waals surface area contributed by atoms with E-state index < -0.39 is 5.97 Å². The van der Waals surface area contributed by atoms with Gasteiger partial charge in [0.2, 0.25) is 0 Å². The molecule has 0 aliphatic carbocycles.